The summed E-state index contributed by atoms with van der Waals surface area (Å²) in [4.78, 5) is 25.0. The lowest BCUT2D eigenvalue weighted by molar-refractivity contribution is -0.145. The molecule has 2 unspecified atom stereocenters. The number of carbonyl (C=O) groups excluding carboxylic acids is 1. The number of carboxylic acid groups (broad SMARTS) is 1. The smallest absolute Gasteiger partial charge is 0.326 e. The Morgan fingerprint density at radius 1 is 1.56 bits per heavy atom. The summed E-state index contributed by atoms with van der Waals surface area (Å²) in [6, 6.07) is 0.790. The first-order valence-electron chi connectivity index (χ1n) is 5.79. The molecule has 0 spiro atoms. The van der Waals surface area contributed by atoms with Crippen molar-refractivity contribution in [2.45, 2.75) is 25.8 Å². The van der Waals surface area contributed by atoms with Gasteiger partial charge in [0.1, 0.15) is 6.04 Å². The summed E-state index contributed by atoms with van der Waals surface area (Å²) in [5, 5.41) is 9.27. The van der Waals surface area contributed by atoms with Crippen LogP contribution in [0.25, 0.3) is 0 Å². The van der Waals surface area contributed by atoms with Crippen molar-refractivity contribution >= 4 is 27.8 Å². The maximum Gasteiger partial charge on any atom is 0.326 e. The first-order valence-corrected chi connectivity index (χ1v) is 6.58. The van der Waals surface area contributed by atoms with E-state index in [9.17, 15) is 14.7 Å². The molecule has 1 saturated heterocycles. The van der Waals surface area contributed by atoms with Gasteiger partial charge < -0.3 is 14.4 Å². The van der Waals surface area contributed by atoms with Crippen LogP contribution in [0.5, 0.6) is 0 Å². The molecule has 2 heterocycles. The molecule has 0 aliphatic carbocycles. The number of aliphatic carboxylic acids is 1. The van der Waals surface area contributed by atoms with Gasteiger partial charge in [-0.05, 0) is 40.8 Å². The van der Waals surface area contributed by atoms with Gasteiger partial charge in [0, 0.05) is 6.54 Å². The SMILES string of the molecule is CC1CCCN(C(=O)c2ccoc2Br)C1C(=O)O. The van der Waals surface area contributed by atoms with Crippen LogP contribution in [0.15, 0.2) is 21.4 Å². The number of furan rings is 1. The van der Waals surface area contributed by atoms with Gasteiger partial charge in [0.05, 0.1) is 11.8 Å². The second kappa shape index (κ2) is 5.14. The molecule has 1 aromatic rings. The number of likely N-dealkylation sites (tertiary alicyclic amines) is 1. The van der Waals surface area contributed by atoms with E-state index in [-0.39, 0.29) is 11.8 Å². The minimum absolute atomic E-state index is 0.0362. The van der Waals surface area contributed by atoms with Gasteiger partial charge in [0.2, 0.25) is 0 Å². The van der Waals surface area contributed by atoms with Crippen molar-refractivity contribution < 1.29 is 19.1 Å². The van der Waals surface area contributed by atoms with Crippen LogP contribution in [0.1, 0.15) is 30.1 Å². The van der Waals surface area contributed by atoms with E-state index in [1.54, 1.807) is 6.07 Å². The van der Waals surface area contributed by atoms with Gasteiger partial charge in [0.15, 0.2) is 4.67 Å². The van der Waals surface area contributed by atoms with E-state index in [0.29, 0.717) is 16.8 Å². The van der Waals surface area contributed by atoms with Gasteiger partial charge in [0.25, 0.3) is 5.91 Å². The minimum atomic E-state index is -0.949. The van der Waals surface area contributed by atoms with Crippen LogP contribution in [0, 0.1) is 5.92 Å². The van der Waals surface area contributed by atoms with Crippen LogP contribution in [0.3, 0.4) is 0 Å². The normalized spacial score (nSPS) is 24.0. The number of halogens is 1. The Balaban J connectivity index is 2.28. The van der Waals surface area contributed by atoms with Gasteiger partial charge in [-0.3, -0.25) is 4.79 Å². The zero-order valence-corrected chi connectivity index (χ0v) is 11.5. The molecule has 0 saturated carbocycles. The molecular formula is C12H14BrNO4. The van der Waals surface area contributed by atoms with Crippen molar-refractivity contribution in [2.24, 2.45) is 5.92 Å². The van der Waals surface area contributed by atoms with Crippen molar-refractivity contribution in [3.8, 4) is 0 Å². The molecule has 1 aliphatic rings. The van der Waals surface area contributed by atoms with Crippen molar-refractivity contribution in [3.63, 3.8) is 0 Å². The first-order chi connectivity index (χ1) is 8.52. The largest absolute Gasteiger partial charge is 0.480 e. The highest BCUT2D eigenvalue weighted by Gasteiger charge is 2.38. The molecule has 1 aliphatic heterocycles. The molecule has 18 heavy (non-hydrogen) atoms. The third-order valence-corrected chi connectivity index (χ3v) is 3.91. The van der Waals surface area contributed by atoms with Crippen molar-refractivity contribution in [3.05, 3.63) is 22.6 Å². The van der Waals surface area contributed by atoms with Gasteiger partial charge in [-0.15, -0.1) is 0 Å². The summed E-state index contributed by atoms with van der Waals surface area (Å²) in [5.74, 6) is -1.28. The molecule has 2 rings (SSSR count). The number of amides is 1. The molecule has 2 atom stereocenters. The van der Waals surface area contributed by atoms with Gasteiger partial charge in [-0.1, -0.05) is 6.92 Å². The number of hydrogen-bond donors (Lipinski definition) is 1. The Morgan fingerprint density at radius 3 is 2.83 bits per heavy atom. The van der Waals surface area contributed by atoms with E-state index in [2.05, 4.69) is 15.9 Å². The number of nitrogens with zero attached hydrogens (tertiary/aromatic N) is 1. The fraction of sp³-hybridized carbons (Fsp3) is 0.500. The summed E-state index contributed by atoms with van der Waals surface area (Å²) in [5.41, 5.74) is 0.371. The third kappa shape index (κ3) is 2.29. The van der Waals surface area contributed by atoms with E-state index in [0.717, 1.165) is 12.8 Å². The Morgan fingerprint density at radius 2 is 2.28 bits per heavy atom. The average molecular weight is 316 g/mol. The fourth-order valence-corrected chi connectivity index (χ4v) is 2.80. The quantitative estimate of drug-likeness (QED) is 0.909. The predicted molar refractivity (Wildman–Crippen MR) is 67.3 cm³/mol. The minimum Gasteiger partial charge on any atom is -0.480 e. The van der Waals surface area contributed by atoms with Crippen LogP contribution in [0.4, 0.5) is 0 Å². The van der Waals surface area contributed by atoms with Crippen molar-refractivity contribution in [2.75, 3.05) is 6.54 Å². The standard InChI is InChI=1S/C12H14BrNO4/c1-7-3-2-5-14(9(7)12(16)17)11(15)8-4-6-18-10(8)13/h4,6-7,9H,2-3,5H2,1H3,(H,16,17). The molecule has 5 nitrogen and oxygen atoms in total. The van der Waals surface area contributed by atoms with Crippen LogP contribution in [-0.2, 0) is 4.79 Å². The zero-order valence-electron chi connectivity index (χ0n) is 9.93. The number of rotatable bonds is 2. The Kier molecular flexibility index (Phi) is 3.75. The first kappa shape index (κ1) is 13.1. The third-order valence-electron chi connectivity index (χ3n) is 3.30. The topological polar surface area (TPSA) is 70.8 Å². The Labute approximate surface area is 113 Å². The van der Waals surface area contributed by atoms with Crippen LogP contribution in [0.2, 0.25) is 0 Å². The van der Waals surface area contributed by atoms with E-state index in [1.807, 2.05) is 6.92 Å². The average Bonchev–Trinajstić information content (AvgIpc) is 2.73. The van der Waals surface area contributed by atoms with E-state index in [1.165, 1.54) is 11.2 Å². The van der Waals surface area contributed by atoms with Crippen molar-refractivity contribution in [1.82, 2.24) is 4.90 Å². The molecule has 1 fully saturated rings. The lowest BCUT2D eigenvalue weighted by atomic mass is 9.90. The second-order valence-electron chi connectivity index (χ2n) is 4.51. The number of carbonyl (C=O) groups is 2. The Bertz CT molecular complexity index is 470. The molecule has 1 N–H and O–H groups in total. The van der Waals surface area contributed by atoms with Gasteiger partial charge in [-0.2, -0.15) is 0 Å². The molecule has 1 amide bonds. The Hall–Kier alpha value is -1.30. The summed E-state index contributed by atoms with van der Waals surface area (Å²) in [6.45, 7) is 2.33. The number of hydrogen-bond acceptors (Lipinski definition) is 3. The summed E-state index contributed by atoms with van der Waals surface area (Å²) in [6.07, 6.45) is 3.06. The molecule has 0 radical (unpaired) electrons. The maximum atomic E-state index is 12.3. The molecular weight excluding hydrogens is 302 g/mol. The van der Waals surface area contributed by atoms with Gasteiger partial charge >= 0.3 is 5.97 Å². The van der Waals surface area contributed by atoms with Crippen LogP contribution >= 0.6 is 15.9 Å². The molecule has 0 bridgehead atoms. The number of carboxylic acids is 1. The predicted octanol–water partition coefficient (Wildman–Crippen LogP) is 2.37. The summed E-state index contributed by atoms with van der Waals surface area (Å²) < 4.78 is 5.36. The lowest BCUT2D eigenvalue weighted by Gasteiger charge is -2.37. The van der Waals surface area contributed by atoms with Crippen LogP contribution < -0.4 is 0 Å². The highest BCUT2D eigenvalue weighted by molar-refractivity contribution is 9.10. The molecule has 1 aromatic heterocycles. The summed E-state index contributed by atoms with van der Waals surface area (Å²) in [7, 11) is 0. The number of piperidine rings is 1. The lowest BCUT2D eigenvalue weighted by Crippen LogP contribution is -2.51. The van der Waals surface area contributed by atoms with Crippen LogP contribution in [-0.4, -0.2) is 34.5 Å². The second-order valence-corrected chi connectivity index (χ2v) is 5.23. The van der Waals surface area contributed by atoms with E-state index in [4.69, 9.17) is 4.42 Å². The molecule has 6 heteroatoms. The zero-order chi connectivity index (χ0) is 13.3. The highest BCUT2D eigenvalue weighted by Crippen LogP contribution is 2.27. The van der Waals surface area contributed by atoms with E-state index < -0.39 is 12.0 Å². The summed E-state index contributed by atoms with van der Waals surface area (Å²) >= 11 is 3.14. The van der Waals surface area contributed by atoms with Gasteiger partial charge in [-0.25, -0.2) is 4.79 Å². The monoisotopic (exact) mass is 315 g/mol. The highest BCUT2D eigenvalue weighted by atomic mass is 79.9. The maximum absolute atomic E-state index is 12.3. The van der Waals surface area contributed by atoms with E-state index >= 15 is 0 Å². The molecule has 98 valence electrons. The molecule has 0 aromatic carbocycles. The fourth-order valence-electron chi connectivity index (χ4n) is 2.39. The van der Waals surface area contributed by atoms with Crippen molar-refractivity contribution in [1.29, 1.82) is 0 Å².